The van der Waals surface area contributed by atoms with Gasteiger partial charge < -0.3 is 24.5 Å². The normalized spacial score (nSPS) is 10.2. The Morgan fingerprint density at radius 3 is 2.53 bits per heavy atom. The third kappa shape index (κ3) is 5.48. The van der Waals surface area contributed by atoms with Crippen molar-refractivity contribution in [2.75, 3.05) is 19.0 Å². The molecule has 0 aliphatic rings. The number of nitrogens with one attached hydrogen (secondary N) is 2. The highest BCUT2D eigenvalue weighted by molar-refractivity contribution is 6.04. The fourth-order valence-electron chi connectivity index (χ4n) is 2.58. The maximum atomic E-state index is 12.6. The van der Waals surface area contributed by atoms with Gasteiger partial charge in [-0.15, -0.1) is 0 Å². The third-order valence-corrected chi connectivity index (χ3v) is 4.09. The van der Waals surface area contributed by atoms with Crippen LogP contribution in [0.2, 0.25) is 0 Å². The van der Waals surface area contributed by atoms with Gasteiger partial charge in [-0.2, -0.15) is 0 Å². The lowest BCUT2D eigenvalue weighted by Gasteiger charge is -2.09. The van der Waals surface area contributed by atoms with Gasteiger partial charge >= 0.3 is 5.97 Å². The quantitative estimate of drug-likeness (QED) is 0.555. The number of methoxy groups -OCH3 is 1. The van der Waals surface area contributed by atoms with Gasteiger partial charge in [0.15, 0.2) is 5.76 Å². The van der Waals surface area contributed by atoms with Crippen LogP contribution in [0.1, 0.15) is 26.5 Å². The first-order valence-corrected chi connectivity index (χ1v) is 9.07. The molecule has 0 aliphatic carbocycles. The van der Waals surface area contributed by atoms with E-state index in [-0.39, 0.29) is 24.5 Å². The standard InChI is InChI=1S/C22H20N2O6/c1-28-19(25)13-23-21(26)15-6-5-7-17(12-15)24-22(27)20-16(10-11-29-20)14-30-18-8-3-2-4-9-18/h2-12H,13-14H2,1H3,(H,23,26)(H,24,27). The Morgan fingerprint density at radius 2 is 1.77 bits per heavy atom. The van der Waals surface area contributed by atoms with Crippen LogP contribution in [-0.4, -0.2) is 31.4 Å². The van der Waals surface area contributed by atoms with Crippen LogP contribution in [-0.2, 0) is 16.1 Å². The van der Waals surface area contributed by atoms with E-state index in [1.54, 1.807) is 24.3 Å². The Balaban J connectivity index is 1.63. The largest absolute Gasteiger partial charge is 0.489 e. The summed E-state index contributed by atoms with van der Waals surface area (Å²) in [5.74, 6) is -0.705. The maximum absolute atomic E-state index is 12.6. The van der Waals surface area contributed by atoms with Crippen molar-refractivity contribution in [1.29, 1.82) is 0 Å². The van der Waals surface area contributed by atoms with Crippen LogP contribution in [0.3, 0.4) is 0 Å². The van der Waals surface area contributed by atoms with E-state index < -0.39 is 17.8 Å². The first-order chi connectivity index (χ1) is 14.6. The highest BCUT2D eigenvalue weighted by atomic mass is 16.5. The number of para-hydroxylation sites is 1. The van der Waals surface area contributed by atoms with Crippen molar-refractivity contribution in [3.63, 3.8) is 0 Å². The number of hydrogen-bond acceptors (Lipinski definition) is 6. The Bertz CT molecular complexity index is 1030. The van der Waals surface area contributed by atoms with Crippen molar-refractivity contribution in [3.05, 3.63) is 83.8 Å². The predicted octanol–water partition coefficient (Wildman–Crippen LogP) is 3.01. The zero-order chi connectivity index (χ0) is 21.3. The van der Waals surface area contributed by atoms with E-state index >= 15 is 0 Å². The zero-order valence-corrected chi connectivity index (χ0v) is 16.2. The van der Waals surface area contributed by atoms with Gasteiger partial charge in [-0.25, -0.2) is 0 Å². The molecule has 8 nitrogen and oxygen atoms in total. The second kappa shape index (κ2) is 9.92. The van der Waals surface area contributed by atoms with Gasteiger partial charge in [-0.05, 0) is 36.4 Å². The topological polar surface area (TPSA) is 107 Å². The van der Waals surface area contributed by atoms with Crippen molar-refractivity contribution < 1.29 is 28.3 Å². The molecular formula is C22H20N2O6. The fraction of sp³-hybridized carbons (Fsp3) is 0.136. The summed E-state index contributed by atoms with van der Waals surface area (Å²) in [6.45, 7) is -0.0810. The van der Waals surface area contributed by atoms with Gasteiger partial charge in [0, 0.05) is 16.8 Å². The monoisotopic (exact) mass is 408 g/mol. The Kier molecular flexibility index (Phi) is 6.83. The molecule has 0 radical (unpaired) electrons. The van der Waals surface area contributed by atoms with E-state index in [1.165, 1.54) is 19.4 Å². The van der Waals surface area contributed by atoms with Gasteiger partial charge in [0.2, 0.25) is 0 Å². The molecule has 0 aliphatic heterocycles. The molecule has 1 heterocycles. The zero-order valence-electron chi connectivity index (χ0n) is 16.2. The van der Waals surface area contributed by atoms with E-state index in [2.05, 4.69) is 15.4 Å². The molecule has 0 bridgehead atoms. The average molecular weight is 408 g/mol. The number of benzene rings is 2. The molecule has 2 aromatic carbocycles. The SMILES string of the molecule is COC(=O)CNC(=O)c1cccc(NC(=O)c2occc2COc2ccccc2)c1. The Morgan fingerprint density at radius 1 is 0.967 bits per heavy atom. The Hall–Kier alpha value is -4.07. The van der Waals surface area contributed by atoms with E-state index in [0.717, 1.165) is 0 Å². The van der Waals surface area contributed by atoms with Crippen LogP contribution in [0.25, 0.3) is 0 Å². The van der Waals surface area contributed by atoms with E-state index in [4.69, 9.17) is 9.15 Å². The molecule has 0 fully saturated rings. The molecule has 30 heavy (non-hydrogen) atoms. The second-order valence-corrected chi connectivity index (χ2v) is 6.17. The summed E-state index contributed by atoms with van der Waals surface area (Å²) in [7, 11) is 1.23. The highest BCUT2D eigenvalue weighted by Crippen LogP contribution is 2.18. The lowest BCUT2D eigenvalue weighted by molar-refractivity contribution is -0.139. The number of furan rings is 1. The minimum absolute atomic E-state index is 0.117. The molecule has 0 saturated carbocycles. The van der Waals surface area contributed by atoms with E-state index in [9.17, 15) is 14.4 Å². The molecule has 0 spiro atoms. The van der Waals surface area contributed by atoms with Crippen molar-refractivity contribution in [2.24, 2.45) is 0 Å². The molecule has 2 N–H and O–H groups in total. The van der Waals surface area contributed by atoms with Crippen LogP contribution in [0.4, 0.5) is 5.69 Å². The number of anilines is 1. The van der Waals surface area contributed by atoms with Gasteiger partial charge in [0.05, 0.1) is 13.4 Å². The van der Waals surface area contributed by atoms with Crippen molar-refractivity contribution in [3.8, 4) is 5.75 Å². The van der Waals surface area contributed by atoms with E-state index in [0.29, 0.717) is 17.0 Å². The van der Waals surface area contributed by atoms with Crippen LogP contribution in [0.15, 0.2) is 71.3 Å². The lowest BCUT2D eigenvalue weighted by Crippen LogP contribution is -2.30. The number of rotatable bonds is 8. The first-order valence-electron chi connectivity index (χ1n) is 9.07. The minimum atomic E-state index is -0.559. The average Bonchev–Trinajstić information content (AvgIpc) is 3.25. The van der Waals surface area contributed by atoms with Crippen molar-refractivity contribution in [2.45, 2.75) is 6.61 Å². The molecule has 154 valence electrons. The highest BCUT2D eigenvalue weighted by Gasteiger charge is 2.17. The molecule has 0 atom stereocenters. The van der Waals surface area contributed by atoms with Crippen LogP contribution in [0.5, 0.6) is 5.75 Å². The van der Waals surface area contributed by atoms with Gasteiger partial charge in [0.1, 0.15) is 18.9 Å². The smallest absolute Gasteiger partial charge is 0.325 e. The molecule has 0 saturated heterocycles. The summed E-state index contributed by atoms with van der Waals surface area (Å²) in [6.07, 6.45) is 1.41. The van der Waals surface area contributed by atoms with Crippen LogP contribution < -0.4 is 15.4 Å². The number of amides is 2. The summed E-state index contributed by atoms with van der Waals surface area (Å²) in [4.78, 5) is 35.9. The number of esters is 1. The van der Waals surface area contributed by atoms with Crippen molar-refractivity contribution in [1.82, 2.24) is 5.32 Å². The third-order valence-electron chi connectivity index (χ3n) is 4.09. The number of ether oxygens (including phenoxy) is 2. The van der Waals surface area contributed by atoms with E-state index in [1.807, 2.05) is 30.3 Å². The first kappa shape index (κ1) is 20.7. The van der Waals surface area contributed by atoms with Crippen LogP contribution >= 0.6 is 0 Å². The Labute approximate surface area is 172 Å². The maximum Gasteiger partial charge on any atom is 0.325 e. The van der Waals surface area contributed by atoms with Gasteiger partial charge in [0.25, 0.3) is 11.8 Å². The fourth-order valence-corrected chi connectivity index (χ4v) is 2.58. The molecular weight excluding hydrogens is 388 g/mol. The van der Waals surface area contributed by atoms with Crippen molar-refractivity contribution >= 4 is 23.5 Å². The number of carbonyl (C=O) groups excluding carboxylic acids is 3. The summed E-state index contributed by atoms with van der Waals surface area (Å²) in [5.41, 5.74) is 1.27. The second-order valence-electron chi connectivity index (χ2n) is 6.17. The van der Waals surface area contributed by atoms with Gasteiger partial charge in [-0.3, -0.25) is 14.4 Å². The summed E-state index contributed by atoms with van der Waals surface area (Å²) in [5, 5.41) is 5.13. The molecule has 2 amide bonds. The molecule has 8 heteroatoms. The number of carbonyl (C=O) groups is 3. The predicted molar refractivity (Wildman–Crippen MR) is 108 cm³/mol. The van der Waals surface area contributed by atoms with Gasteiger partial charge in [-0.1, -0.05) is 24.3 Å². The summed E-state index contributed by atoms with van der Waals surface area (Å²) in [6, 6.07) is 17.2. The molecule has 1 aromatic heterocycles. The summed E-state index contributed by atoms with van der Waals surface area (Å²) < 4.78 is 15.5. The lowest BCUT2D eigenvalue weighted by atomic mass is 10.1. The molecule has 0 unspecified atom stereocenters. The minimum Gasteiger partial charge on any atom is -0.489 e. The summed E-state index contributed by atoms with van der Waals surface area (Å²) >= 11 is 0. The number of hydrogen-bond donors (Lipinski definition) is 2. The molecule has 3 rings (SSSR count). The van der Waals surface area contributed by atoms with Crippen LogP contribution in [0, 0.1) is 0 Å². The molecule has 3 aromatic rings.